The maximum Gasteiger partial charge on any atom is 0.246 e. The third-order valence-corrected chi connectivity index (χ3v) is 10.8. The number of carbonyl (C=O) groups excluding carboxylic acids is 1. The largest absolute Gasteiger partial charge is 1.00 e. The number of phenols is 1. The SMILES string of the molecule is COc1cccc(/C=C/C(=O)N(C)[C@@H]2CC[C@@]3(O)[C@H]4Cc5ccc(O)c6c5[C@@]3(CC[N+]4(C)CC3CC3)[C@H]2O6)c1.[I-]. The van der Waals surface area contributed by atoms with Crippen LogP contribution in [0.2, 0.25) is 0 Å². The van der Waals surface area contributed by atoms with E-state index in [0.717, 1.165) is 53.2 Å². The molecule has 8 heteroatoms. The molecule has 2 aromatic rings. The van der Waals surface area contributed by atoms with Crippen molar-refractivity contribution in [3.8, 4) is 17.2 Å². The van der Waals surface area contributed by atoms with E-state index in [4.69, 9.17) is 9.47 Å². The monoisotopic (exact) mass is 658 g/mol. The molecule has 2 bridgehead atoms. The van der Waals surface area contributed by atoms with Crippen molar-refractivity contribution in [1.82, 2.24) is 4.90 Å². The predicted molar refractivity (Wildman–Crippen MR) is 148 cm³/mol. The number of carbonyl (C=O) groups is 1. The molecule has 0 aromatic heterocycles. The zero-order chi connectivity index (χ0) is 27.2. The van der Waals surface area contributed by atoms with Crippen LogP contribution in [-0.4, -0.2) is 83.6 Å². The van der Waals surface area contributed by atoms with Gasteiger partial charge in [-0.15, -0.1) is 0 Å². The number of ether oxygens (including phenoxy) is 2. The fraction of sp³-hybridized carbons (Fsp3) is 0.531. The summed E-state index contributed by atoms with van der Waals surface area (Å²) in [6.45, 7) is 2.09. The Hall–Kier alpha value is -2.30. The molecule has 3 fully saturated rings. The zero-order valence-corrected chi connectivity index (χ0v) is 25.6. The number of likely N-dealkylation sites (tertiary alicyclic amines) is 1. The topological polar surface area (TPSA) is 79.2 Å². The Kier molecular flexibility index (Phi) is 6.70. The summed E-state index contributed by atoms with van der Waals surface area (Å²) >= 11 is 0. The molecule has 1 spiro atoms. The Labute approximate surface area is 253 Å². The number of aromatic hydroxyl groups is 1. The number of halogens is 1. The van der Waals surface area contributed by atoms with E-state index < -0.39 is 17.1 Å². The molecule has 0 radical (unpaired) electrons. The van der Waals surface area contributed by atoms with Gasteiger partial charge in [-0.2, -0.15) is 0 Å². The zero-order valence-electron chi connectivity index (χ0n) is 23.5. The summed E-state index contributed by atoms with van der Waals surface area (Å²) in [6, 6.07) is 11.3. The van der Waals surface area contributed by atoms with Gasteiger partial charge in [-0.25, -0.2) is 0 Å². The summed E-state index contributed by atoms with van der Waals surface area (Å²) in [5, 5.41) is 23.7. The van der Waals surface area contributed by atoms with Crippen molar-refractivity contribution < 1.29 is 52.9 Å². The van der Waals surface area contributed by atoms with E-state index in [2.05, 4.69) is 7.05 Å². The minimum atomic E-state index is -0.942. The van der Waals surface area contributed by atoms with Crippen LogP contribution in [0.4, 0.5) is 0 Å². The number of piperidine rings is 1. The molecule has 2 saturated carbocycles. The molecule has 3 aliphatic carbocycles. The number of phenolic OH excluding ortho intramolecular Hbond substituents is 1. The minimum Gasteiger partial charge on any atom is -1.00 e. The van der Waals surface area contributed by atoms with Gasteiger partial charge in [-0.1, -0.05) is 18.2 Å². The average molecular weight is 659 g/mol. The number of benzene rings is 2. The molecule has 2 heterocycles. The molecular weight excluding hydrogens is 619 g/mol. The van der Waals surface area contributed by atoms with Crippen LogP contribution >= 0.6 is 0 Å². The van der Waals surface area contributed by atoms with Gasteiger partial charge >= 0.3 is 0 Å². The third-order valence-electron chi connectivity index (χ3n) is 10.8. The molecule has 214 valence electrons. The van der Waals surface area contributed by atoms with Crippen molar-refractivity contribution in [1.29, 1.82) is 0 Å². The van der Waals surface area contributed by atoms with Crippen LogP contribution in [0.3, 0.4) is 0 Å². The van der Waals surface area contributed by atoms with Crippen molar-refractivity contribution in [3.63, 3.8) is 0 Å². The lowest BCUT2D eigenvalue weighted by molar-refractivity contribution is -0.950. The molecule has 1 amide bonds. The van der Waals surface area contributed by atoms with Crippen LogP contribution in [0.5, 0.6) is 17.2 Å². The molecule has 5 aliphatic rings. The lowest BCUT2D eigenvalue weighted by Crippen LogP contribution is -3.00. The van der Waals surface area contributed by atoms with Gasteiger partial charge < -0.3 is 53.0 Å². The molecule has 7 rings (SSSR count). The van der Waals surface area contributed by atoms with Crippen molar-refractivity contribution >= 4 is 12.0 Å². The molecule has 6 atom stereocenters. The highest BCUT2D eigenvalue weighted by Crippen LogP contribution is 2.66. The summed E-state index contributed by atoms with van der Waals surface area (Å²) in [4.78, 5) is 15.3. The second kappa shape index (κ2) is 9.63. The highest BCUT2D eigenvalue weighted by Gasteiger charge is 2.76. The average Bonchev–Trinajstić information content (AvgIpc) is 3.66. The lowest BCUT2D eigenvalue weighted by Gasteiger charge is -2.66. The van der Waals surface area contributed by atoms with E-state index in [-0.39, 0.29) is 47.7 Å². The predicted octanol–water partition coefficient (Wildman–Crippen LogP) is 0.654. The van der Waals surface area contributed by atoms with Crippen LogP contribution in [0.1, 0.15) is 48.8 Å². The Morgan fingerprint density at radius 3 is 2.77 bits per heavy atom. The van der Waals surface area contributed by atoms with E-state index >= 15 is 0 Å². The van der Waals surface area contributed by atoms with Crippen LogP contribution in [0.15, 0.2) is 42.5 Å². The van der Waals surface area contributed by atoms with Gasteiger partial charge in [-0.3, -0.25) is 4.79 Å². The molecule has 2 N–H and O–H groups in total. The van der Waals surface area contributed by atoms with Gasteiger partial charge in [0.2, 0.25) is 5.91 Å². The van der Waals surface area contributed by atoms with E-state index in [9.17, 15) is 15.0 Å². The third kappa shape index (κ3) is 3.85. The van der Waals surface area contributed by atoms with Gasteiger partial charge in [-0.05, 0) is 61.1 Å². The van der Waals surface area contributed by atoms with Crippen LogP contribution in [0.25, 0.3) is 6.08 Å². The summed E-state index contributed by atoms with van der Waals surface area (Å²) in [7, 11) is 5.81. The Balaban J connectivity index is 0.00000289. The number of likely N-dealkylation sites (N-methyl/N-ethyl adjacent to an activating group) is 2. The molecule has 40 heavy (non-hydrogen) atoms. The van der Waals surface area contributed by atoms with E-state index in [0.29, 0.717) is 18.6 Å². The second-order valence-corrected chi connectivity index (χ2v) is 12.8. The first-order valence-electron chi connectivity index (χ1n) is 14.4. The van der Waals surface area contributed by atoms with Gasteiger partial charge in [0, 0.05) is 37.4 Å². The molecular formula is C32H39IN2O5. The number of nitrogens with zero attached hydrogens (tertiary/aromatic N) is 2. The summed E-state index contributed by atoms with van der Waals surface area (Å²) in [5.41, 5.74) is 1.51. The number of hydrogen-bond donors (Lipinski definition) is 2. The Morgan fingerprint density at radius 1 is 1.23 bits per heavy atom. The maximum atomic E-state index is 13.5. The van der Waals surface area contributed by atoms with Gasteiger partial charge in [0.15, 0.2) is 11.5 Å². The standard InChI is InChI=1S/C32H38N2O5.HI/c1-33(27(36)12-9-20-5-4-6-23(17-20)38-3)24-13-14-32(37)26-18-22-10-11-25(35)29-28(22)31(32,30(24)39-29)15-16-34(26,2)19-21-7-8-21;/h4-6,9-12,17,21,24,26,30,37H,7-8,13-16,18-19H2,1-3H3;1H/b12-9+;/t24-,26-,30+,31+,32-,34?;/m1./s1. The number of rotatable bonds is 6. The van der Waals surface area contributed by atoms with Gasteiger partial charge in [0.1, 0.15) is 23.5 Å². The van der Waals surface area contributed by atoms with E-state index in [1.165, 1.54) is 18.4 Å². The second-order valence-electron chi connectivity index (χ2n) is 12.8. The number of methoxy groups -OCH3 is 1. The summed E-state index contributed by atoms with van der Waals surface area (Å²) in [6.07, 6.45) is 8.45. The number of aliphatic hydroxyl groups is 1. The first-order chi connectivity index (χ1) is 18.7. The van der Waals surface area contributed by atoms with Gasteiger partial charge in [0.25, 0.3) is 0 Å². The fourth-order valence-electron chi connectivity index (χ4n) is 8.72. The molecule has 1 saturated heterocycles. The molecule has 2 aliphatic heterocycles. The number of quaternary nitrogens is 1. The van der Waals surface area contributed by atoms with Crippen molar-refractivity contribution in [2.75, 3.05) is 34.3 Å². The normalized spacial score (nSPS) is 35.0. The Bertz CT molecular complexity index is 1380. The van der Waals surface area contributed by atoms with Crippen LogP contribution in [0, 0.1) is 5.92 Å². The summed E-state index contributed by atoms with van der Waals surface area (Å²) in [5.74, 6) is 2.05. The number of hydrogen-bond acceptors (Lipinski definition) is 5. The smallest absolute Gasteiger partial charge is 0.246 e. The van der Waals surface area contributed by atoms with E-state index in [1.807, 2.05) is 43.5 Å². The summed E-state index contributed by atoms with van der Waals surface area (Å²) < 4.78 is 12.9. The Morgan fingerprint density at radius 2 is 2.02 bits per heavy atom. The lowest BCUT2D eigenvalue weighted by atomic mass is 9.47. The number of amides is 1. The highest BCUT2D eigenvalue weighted by atomic mass is 127. The molecule has 2 aromatic carbocycles. The first kappa shape index (κ1) is 27.8. The minimum absolute atomic E-state index is 0. The van der Waals surface area contributed by atoms with Gasteiger partial charge in [0.05, 0.1) is 38.7 Å². The van der Waals surface area contributed by atoms with Crippen molar-refractivity contribution in [3.05, 3.63) is 59.2 Å². The van der Waals surface area contributed by atoms with Crippen molar-refractivity contribution in [2.24, 2.45) is 5.92 Å². The molecule has 7 nitrogen and oxygen atoms in total. The van der Waals surface area contributed by atoms with Crippen LogP contribution in [-0.2, 0) is 16.6 Å². The van der Waals surface area contributed by atoms with Crippen LogP contribution < -0.4 is 33.5 Å². The maximum absolute atomic E-state index is 13.5. The highest BCUT2D eigenvalue weighted by molar-refractivity contribution is 5.92. The first-order valence-corrected chi connectivity index (χ1v) is 14.4. The van der Waals surface area contributed by atoms with Crippen molar-refractivity contribution in [2.45, 2.75) is 67.7 Å². The molecule has 1 unspecified atom stereocenters. The fourth-order valence-corrected chi connectivity index (χ4v) is 8.72. The van der Waals surface area contributed by atoms with E-state index in [1.54, 1.807) is 24.2 Å². The quantitative estimate of drug-likeness (QED) is 0.271.